The number of likely N-dealkylation sites (N-methyl/N-ethyl adjacent to an activating group) is 1. The molecule has 1 unspecified atom stereocenters. The first-order valence-corrected chi connectivity index (χ1v) is 5.45. The number of urea groups is 1. The smallest absolute Gasteiger partial charge is 0.315 e. The van der Waals surface area contributed by atoms with E-state index in [-0.39, 0.29) is 12.3 Å². The van der Waals surface area contributed by atoms with Crippen molar-refractivity contribution in [3.8, 4) is 0 Å². The van der Waals surface area contributed by atoms with Gasteiger partial charge < -0.3 is 21.1 Å². The number of carboxylic acids is 1. The fourth-order valence-electron chi connectivity index (χ4n) is 1.13. The summed E-state index contributed by atoms with van der Waals surface area (Å²) in [6.07, 6.45) is 1.20. The largest absolute Gasteiger partial charge is 0.481 e. The van der Waals surface area contributed by atoms with Gasteiger partial charge in [0.15, 0.2) is 0 Å². The molecule has 0 rings (SSSR count). The molecule has 4 N–H and O–H groups in total. The molecule has 3 amide bonds. The molecule has 0 radical (unpaired) electrons. The van der Waals surface area contributed by atoms with Crippen LogP contribution in [0.1, 0.15) is 26.2 Å². The van der Waals surface area contributed by atoms with Crippen LogP contribution < -0.4 is 16.0 Å². The van der Waals surface area contributed by atoms with E-state index >= 15 is 0 Å². The number of hydrogen-bond acceptors (Lipinski definition) is 3. The number of nitrogens with one attached hydrogen (secondary N) is 3. The molecule has 0 heterocycles. The van der Waals surface area contributed by atoms with Crippen molar-refractivity contribution in [1.29, 1.82) is 0 Å². The van der Waals surface area contributed by atoms with Crippen molar-refractivity contribution < 1.29 is 19.5 Å². The van der Waals surface area contributed by atoms with E-state index < -0.39 is 18.0 Å². The van der Waals surface area contributed by atoms with Gasteiger partial charge in [0, 0.05) is 20.0 Å². The molecule has 0 aliphatic rings. The molecule has 0 saturated carbocycles. The number of unbranched alkanes of at least 4 members (excludes halogenated alkanes) is 1. The molecule has 7 nitrogen and oxygen atoms in total. The number of rotatable bonds is 7. The van der Waals surface area contributed by atoms with Crippen molar-refractivity contribution in [2.45, 2.75) is 32.2 Å². The lowest BCUT2D eigenvalue weighted by atomic mass is 10.2. The van der Waals surface area contributed by atoms with E-state index in [4.69, 9.17) is 5.11 Å². The number of hydrogen-bond donors (Lipinski definition) is 4. The third-order valence-electron chi connectivity index (χ3n) is 2.09. The van der Waals surface area contributed by atoms with Crippen LogP contribution in [0.4, 0.5) is 4.79 Å². The molecule has 0 bridgehead atoms. The normalized spacial score (nSPS) is 11.4. The number of aliphatic carboxylic acids is 1. The van der Waals surface area contributed by atoms with Crippen LogP contribution in [0.15, 0.2) is 0 Å². The molecule has 0 spiro atoms. The summed E-state index contributed by atoms with van der Waals surface area (Å²) in [6, 6.07) is -1.03. The van der Waals surface area contributed by atoms with Crippen LogP contribution in [0.3, 0.4) is 0 Å². The molecule has 7 heteroatoms. The Morgan fingerprint density at radius 3 is 2.41 bits per heavy atom. The van der Waals surface area contributed by atoms with Crippen molar-refractivity contribution in [1.82, 2.24) is 16.0 Å². The second kappa shape index (κ2) is 8.37. The van der Waals surface area contributed by atoms with Crippen molar-refractivity contribution >= 4 is 17.9 Å². The van der Waals surface area contributed by atoms with E-state index in [0.717, 1.165) is 0 Å². The van der Waals surface area contributed by atoms with Gasteiger partial charge in [0.1, 0.15) is 6.04 Å². The highest BCUT2D eigenvalue weighted by Gasteiger charge is 2.12. The van der Waals surface area contributed by atoms with Crippen LogP contribution in [-0.2, 0) is 9.59 Å². The van der Waals surface area contributed by atoms with Crippen LogP contribution in [0.25, 0.3) is 0 Å². The second-order valence-corrected chi connectivity index (χ2v) is 3.59. The fourth-order valence-corrected chi connectivity index (χ4v) is 1.13. The predicted molar refractivity (Wildman–Crippen MR) is 61.5 cm³/mol. The summed E-state index contributed by atoms with van der Waals surface area (Å²) in [6.45, 7) is 1.96. The zero-order valence-corrected chi connectivity index (χ0v) is 10.1. The molecule has 1 atom stereocenters. The molecule has 0 aromatic rings. The average Bonchev–Trinajstić information content (AvgIpc) is 2.26. The summed E-state index contributed by atoms with van der Waals surface area (Å²) < 4.78 is 0. The van der Waals surface area contributed by atoms with Gasteiger partial charge in [-0.25, -0.2) is 4.79 Å². The molecule has 0 aliphatic heterocycles. The Balaban J connectivity index is 3.59. The van der Waals surface area contributed by atoms with Crippen molar-refractivity contribution in [2.24, 2.45) is 0 Å². The van der Waals surface area contributed by atoms with Crippen LogP contribution in [0.2, 0.25) is 0 Å². The number of amides is 3. The van der Waals surface area contributed by atoms with Crippen molar-refractivity contribution in [3.05, 3.63) is 0 Å². The lowest BCUT2D eigenvalue weighted by molar-refractivity contribution is -0.137. The summed E-state index contributed by atoms with van der Waals surface area (Å²) in [5, 5.41) is 15.8. The monoisotopic (exact) mass is 245 g/mol. The van der Waals surface area contributed by atoms with Crippen molar-refractivity contribution in [3.63, 3.8) is 0 Å². The number of carboxylic acid groups (broad SMARTS) is 1. The summed E-state index contributed by atoms with van der Waals surface area (Å²) in [5.41, 5.74) is 0. The van der Waals surface area contributed by atoms with E-state index in [1.807, 2.05) is 0 Å². The zero-order valence-electron chi connectivity index (χ0n) is 10.1. The van der Waals surface area contributed by atoms with Gasteiger partial charge in [-0.2, -0.15) is 0 Å². The lowest BCUT2D eigenvalue weighted by Gasteiger charge is -2.12. The molecule has 98 valence electrons. The Bertz CT molecular complexity index is 281. The molecule has 17 heavy (non-hydrogen) atoms. The molecule has 0 saturated heterocycles. The topological polar surface area (TPSA) is 108 Å². The van der Waals surface area contributed by atoms with Crippen molar-refractivity contribution in [2.75, 3.05) is 13.6 Å². The van der Waals surface area contributed by atoms with Gasteiger partial charge in [-0.15, -0.1) is 0 Å². The highest BCUT2D eigenvalue weighted by Crippen LogP contribution is 1.93. The van der Waals surface area contributed by atoms with Gasteiger partial charge in [-0.1, -0.05) is 0 Å². The molecule has 0 fully saturated rings. The Hall–Kier alpha value is -1.79. The minimum atomic E-state index is -0.845. The molecular weight excluding hydrogens is 226 g/mol. The van der Waals surface area contributed by atoms with E-state index in [1.54, 1.807) is 6.92 Å². The maximum atomic E-state index is 11.3. The Morgan fingerprint density at radius 2 is 1.88 bits per heavy atom. The van der Waals surface area contributed by atoms with Gasteiger partial charge in [0.2, 0.25) is 5.91 Å². The van der Waals surface area contributed by atoms with E-state index in [9.17, 15) is 14.4 Å². The summed E-state index contributed by atoms with van der Waals surface area (Å²) >= 11 is 0. The number of carbonyl (C=O) groups excluding carboxylic acids is 2. The van der Waals surface area contributed by atoms with Gasteiger partial charge in [-0.3, -0.25) is 9.59 Å². The van der Waals surface area contributed by atoms with Crippen LogP contribution in [0.5, 0.6) is 0 Å². The van der Waals surface area contributed by atoms with Crippen LogP contribution in [0, 0.1) is 0 Å². The quantitative estimate of drug-likeness (QED) is 0.461. The Kier molecular flexibility index (Phi) is 7.49. The van der Waals surface area contributed by atoms with Crippen LogP contribution >= 0.6 is 0 Å². The first-order valence-electron chi connectivity index (χ1n) is 5.45. The van der Waals surface area contributed by atoms with E-state index in [0.29, 0.717) is 19.4 Å². The Morgan fingerprint density at radius 1 is 1.24 bits per heavy atom. The molecule has 0 aliphatic carbocycles. The highest BCUT2D eigenvalue weighted by atomic mass is 16.4. The third-order valence-corrected chi connectivity index (χ3v) is 2.09. The second-order valence-electron chi connectivity index (χ2n) is 3.59. The minimum absolute atomic E-state index is 0.0952. The first-order chi connectivity index (χ1) is 7.97. The fraction of sp³-hybridized carbons (Fsp3) is 0.700. The first kappa shape index (κ1) is 15.2. The lowest BCUT2D eigenvalue weighted by Crippen LogP contribution is -2.47. The van der Waals surface area contributed by atoms with Gasteiger partial charge in [0.25, 0.3) is 0 Å². The van der Waals surface area contributed by atoms with Gasteiger partial charge in [-0.05, 0) is 19.8 Å². The minimum Gasteiger partial charge on any atom is -0.481 e. The summed E-state index contributed by atoms with van der Waals surface area (Å²) in [4.78, 5) is 32.5. The molecule has 0 aromatic heterocycles. The summed E-state index contributed by atoms with van der Waals surface area (Å²) in [7, 11) is 1.49. The van der Waals surface area contributed by atoms with Crippen LogP contribution in [-0.4, -0.2) is 42.6 Å². The number of carbonyl (C=O) groups is 3. The standard InChI is InChI=1S/C10H19N3O4/c1-7(9(16)11-2)13-10(17)12-6-4-3-5-8(14)15/h7H,3-6H2,1-2H3,(H,11,16)(H,14,15)(H2,12,13,17). The maximum Gasteiger partial charge on any atom is 0.315 e. The van der Waals surface area contributed by atoms with E-state index in [1.165, 1.54) is 7.05 Å². The van der Waals surface area contributed by atoms with E-state index in [2.05, 4.69) is 16.0 Å². The summed E-state index contributed by atoms with van der Waals surface area (Å²) in [5.74, 6) is -1.12. The average molecular weight is 245 g/mol. The third kappa shape index (κ3) is 8.06. The zero-order chi connectivity index (χ0) is 13.3. The predicted octanol–water partition coefficient (Wildman–Crippen LogP) is -0.325. The van der Waals surface area contributed by atoms with Gasteiger partial charge in [0.05, 0.1) is 0 Å². The SMILES string of the molecule is CNC(=O)C(C)NC(=O)NCCCCC(=O)O. The molecule has 0 aromatic carbocycles. The Labute approximate surface area is 100.0 Å². The van der Waals surface area contributed by atoms with Gasteiger partial charge >= 0.3 is 12.0 Å². The maximum absolute atomic E-state index is 11.3. The highest BCUT2D eigenvalue weighted by molar-refractivity contribution is 5.86. The molecular formula is C10H19N3O4.